The molecule has 0 aromatic heterocycles. The summed E-state index contributed by atoms with van der Waals surface area (Å²) in [7, 11) is 1.65. The molecule has 0 saturated heterocycles. The number of halogens is 1. The van der Waals surface area contributed by atoms with Crippen LogP contribution < -0.4 is 14.8 Å². The van der Waals surface area contributed by atoms with E-state index in [1.807, 2.05) is 18.2 Å². The maximum atomic E-state index is 5.47. The number of benzene rings is 1. The van der Waals surface area contributed by atoms with Gasteiger partial charge in [-0.1, -0.05) is 25.6 Å². The second-order valence-electron chi connectivity index (χ2n) is 3.37. The summed E-state index contributed by atoms with van der Waals surface area (Å²) < 4.78 is 10.7. The molecular weight excluding hydrogens is 238 g/mol. The lowest BCUT2D eigenvalue weighted by molar-refractivity contribution is 0.326. The van der Waals surface area contributed by atoms with Gasteiger partial charge in [0.1, 0.15) is 6.61 Å². The number of methoxy groups -OCH3 is 1. The van der Waals surface area contributed by atoms with E-state index >= 15 is 0 Å². The average Bonchev–Trinajstić information content (AvgIpc) is 2.34. The summed E-state index contributed by atoms with van der Waals surface area (Å²) in [5.74, 6) is 1.51. The van der Waals surface area contributed by atoms with Gasteiger partial charge in [0.2, 0.25) is 0 Å². The Balaban J connectivity index is 0.00000256. The van der Waals surface area contributed by atoms with E-state index < -0.39 is 0 Å². The van der Waals surface area contributed by atoms with Crippen molar-refractivity contribution in [3.8, 4) is 11.5 Å². The highest BCUT2D eigenvalue weighted by atomic mass is 35.5. The van der Waals surface area contributed by atoms with E-state index in [1.165, 1.54) is 5.56 Å². The lowest BCUT2D eigenvalue weighted by Crippen LogP contribution is -2.11. The molecule has 0 amide bonds. The first-order valence-corrected chi connectivity index (χ1v) is 5.43. The van der Waals surface area contributed by atoms with E-state index in [9.17, 15) is 0 Å². The molecule has 0 aliphatic heterocycles. The van der Waals surface area contributed by atoms with Crippen LogP contribution in [0.1, 0.15) is 12.5 Å². The average molecular weight is 258 g/mol. The van der Waals surface area contributed by atoms with E-state index in [0.29, 0.717) is 6.61 Å². The van der Waals surface area contributed by atoms with Gasteiger partial charge in [0.05, 0.1) is 7.11 Å². The first kappa shape index (κ1) is 15.8. The van der Waals surface area contributed by atoms with Gasteiger partial charge >= 0.3 is 0 Å². The first-order chi connectivity index (χ1) is 7.81. The monoisotopic (exact) mass is 257 g/mol. The Bertz CT molecular complexity index is 342. The van der Waals surface area contributed by atoms with Crippen molar-refractivity contribution in [2.45, 2.75) is 13.5 Å². The van der Waals surface area contributed by atoms with Crippen LogP contribution in [0, 0.1) is 0 Å². The van der Waals surface area contributed by atoms with Crippen molar-refractivity contribution in [2.75, 3.05) is 20.3 Å². The Hall–Kier alpha value is -1.19. The lowest BCUT2D eigenvalue weighted by Gasteiger charge is -2.11. The standard InChI is InChI=1S/C13H19NO2.ClH/c1-4-8-16-12-7-6-11(10-14-5-2)9-13(12)15-3;/h4,6-7,9,14H,1,5,8,10H2,2-3H3;1H. The molecule has 0 aliphatic carbocycles. The molecule has 4 heteroatoms. The fraction of sp³-hybridized carbons (Fsp3) is 0.385. The molecule has 0 radical (unpaired) electrons. The maximum Gasteiger partial charge on any atom is 0.161 e. The van der Waals surface area contributed by atoms with Crippen molar-refractivity contribution < 1.29 is 9.47 Å². The van der Waals surface area contributed by atoms with Gasteiger partial charge in [0, 0.05) is 6.54 Å². The molecule has 17 heavy (non-hydrogen) atoms. The van der Waals surface area contributed by atoms with Gasteiger partial charge in [-0.2, -0.15) is 0 Å². The zero-order valence-corrected chi connectivity index (χ0v) is 11.2. The van der Waals surface area contributed by atoms with E-state index in [1.54, 1.807) is 13.2 Å². The molecule has 1 aromatic carbocycles. The molecular formula is C13H20ClNO2. The van der Waals surface area contributed by atoms with E-state index in [0.717, 1.165) is 24.6 Å². The van der Waals surface area contributed by atoms with Crippen LogP contribution in [0.15, 0.2) is 30.9 Å². The Morgan fingerprint density at radius 1 is 1.35 bits per heavy atom. The maximum absolute atomic E-state index is 5.47. The number of nitrogens with one attached hydrogen (secondary N) is 1. The summed E-state index contributed by atoms with van der Waals surface area (Å²) >= 11 is 0. The molecule has 1 N–H and O–H groups in total. The van der Waals surface area contributed by atoms with Gasteiger partial charge < -0.3 is 14.8 Å². The number of ether oxygens (including phenoxy) is 2. The SMILES string of the molecule is C=CCOc1ccc(CNCC)cc1OC.Cl. The van der Waals surface area contributed by atoms with Gasteiger partial charge in [0.15, 0.2) is 11.5 Å². The number of hydrogen-bond acceptors (Lipinski definition) is 3. The molecule has 0 bridgehead atoms. The molecule has 0 fully saturated rings. The molecule has 1 aromatic rings. The predicted molar refractivity (Wildman–Crippen MR) is 73.3 cm³/mol. The van der Waals surface area contributed by atoms with Crippen LogP contribution in [-0.4, -0.2) is 20.3 Å². The van der Waals surface area contributed by atoms with Crippen LogP contribution in [0.3, 0.4) is 0 Å². The van der Waals surface area contributed by atoms with Gasteiger partial charge in [-0.05, 0) is 24.2 Å². The van der Waals surface area contributed by atoms with Crippen molar-refractivity contribution >= 4 is 12.4 Å². The smallest absolute Gasteiger partial charge is 0.161 e. The summed E-state index contributed by atoms with van der Waals surface area (Å²) in [4.78, 5) is 0. The molecule has 0 spiro atoms. The quantitative estimate of drug-likeness (QED) is 0.762. The first-order valence-electron chi connectivity index (χ1n) is 5.43. The zero-order chi connectivity index (χ0) is 11.8. The van der Waals surface area contributed by atoms with Crippen molar-refractivity contribution in [1.82, 2.24) is 5.32 Å². The fourth-order valence-electron chi connectivity index (χ4n) is 1.36. The third-order valence-corrected chi connectivity index (χ3v) is 2.16. The van der Waals surface area contributed by atoms with Gasteiger partial charge in [-0.25, -0.2) is 0 Å². The Morgan fingerprint density at radius 2 is 2.12 bits per heavy atom. The normalized spacial score (nSPS) is 9.29. The Labute approximate surface area is 109 Å². The highest BCUT2D eigenvalue weighted by Crippen LogP contribution is 2.27. The van der Waals surface area contributed by atoms with Crippen LogP contribution in [0.5, 0.6) is 11.5 Å². The van der Waals surface area contributed by atoms with Crippen LogP contribution >= 0.6 is 12.4 Å². The third kappa shape index (κ3) is 5.11. The summed E-state index contributed by atoms with van der Waals surface area (Å²) in [6, 6.07) is 5.94. The molecule has 0 atom stereocenters. The minimum absolute atomic E-state index is 0. The molecule has 0 unspecified atom stereocenters. The minimum atomic E-state index is 0. The number of hydrogen-bond donors (Lipinski definition) is 1. The fourth-order valence-corrected chi connectivity index (χ4v) is 1.36. The van der Waals surface area contributed by atoms with Crippen LogP contribution in [-0.2, 0) is 6.54 Å². The van der Waals surface area contributed by atoms with Gasteiger partial charge in [-0.15, -0.1) is 12.4 Å². The third-order valence-electron chi connectivity index (χ3n) is 2.16. The minimum Gasteiger partial charge on any atom is -0.493 e. The molecule has 96 valence electrons. The molecule has 0 heterocycles. The van der Waals surface area contributed by atoms with Crippen molar-refractivity contribution in [1.29, 1.82) is 0 Å². The van der Waals surface area contributed by atoms with Crippen molar-refractivity contribution in [2.24, 2.45) is 0 Å². The van der Waals surface area contributed by atoms with E-state index in [-0.39, 0.29) is 12.4 Å². The van der Waals surface area contributed by atoms with Crippen molar-refractivity contribution in [3.05, 3.63) is 36.4 Å². The van der Waals surface area contributed by atoms with Gasteiger partial charge in [0.25, 0.3) is 0 Å². The Morgan fingerprint density at radius 3 is 2.71 bits per heavy atom. The van der Waals surface area contributed by atoms with Crippen LogP contribution in [0.2, 0.25) is 0 Å². The zero-order valence-electron chi connectivity index (χ0n) is 10.4. The molecule has 3 nitrogen and oxygen atoms in total. The van der Waals surface area contributed by atoms with Gasteiger partial charge in [-0.3, -0.25) is 0 Å². The Kier molecular flexibility index (Phi) is 8.28. The second kappa shape index (κ2) is 8.90. The summed E-state index contributed by atoms with van der Waals surface area (Å²) in [6.45, 7) is 7.98. The van der Waals surface area contributed by atoms with E-state index in [4.69, 9.17) is 9.47 Å². The van der Waals surface area contributed by atoms with E-state index in [2.05, 4.69) is 18.8 Å². The summed E-state index contributed by atoms with van der Waals surface area (Å²) in [6.07, 6.45) is 1.71. The highest BCUT2D eigenvalue weighted by molar-refractivity contribution is 5.85. The summed E-state index contributed by atoms with van der Waals surface area (Å²) in [5.41, 5.74) is 1.18. The predicted octanol–water partition coefficient (Wildman–Crippen LogP) is 2.79. The largest absolute Gasteiger partial charge is 0.493 e. The van der Waals surface area contributed by atoms with Crippen LogP contribution in [0.25, 0.3) is 0 Å². The van der Waals surface area contributed by atoms with Crippen molar-refractivity contribution in [3.63, 3.8) is 0 Å². The molecule has 1 rings (SSSR count). The number of rotatable bonds is 7. The topological polar surface area (TPSA) is 30.5 Å². The highest BCUT2D eigenvalue weighted by Gasteiger charge is 2.04. The van der Waals surface area contributed by atoms with Crippen LogP contribution in [0.4, 0.5) is 0 Å². The second-order valence-corrected chi connectivity index (χ2v) is 3.37. The lowest BCUT2D eigenvalue weighted by atomic mass is 10.2. The summed E-state index contributed by atoms with van der Waals surface area (Å²) in [5, 5.41) is 3.27. The molecule has 0 saturated carbocycles. The molecule has 0 aliphatic rings.